The van der Waals surface area contributed by atoms with E-state index in [1.54, 1.807) is 12.1 Å². The minimum absolute atomic E-state index is 0.000699. The first-order chi connectivity index (χ1) is 8.79. The van der Waals surface area contributed by atoms with E-state index in [1.165, 1.54) is 6.21 Å². The average molecular weight is 250 g/mol. The van der Waals surface area contributed by atoms with Gasteiger partial charge >= 0.3 is 0 Å². The van der Waals surface area contributed by atoms with Gasteiger partial charge in [-0.1, -0.05) is 0 Å². The molecule has 0 unspecified atom stereocenters. The third-order valence-corrected chi connectivity index (χ3v) is 2.36. The zero-order chi connectivity index (χ0) is 12.8. The van der Waals surface area contributed by atoms with Gasteiger partial charge in [-0.3, -0.25) is 4.79 Å². The molecule has 6 heteroatoms. The molecule has 2 rings (SSSR count). The van der Waals surface area contributed by atoms with E-state index in [2.05, 4.69) is 10.5 Å². The molecule has 18 heavy (non-hydrogen) atoms. The first-order valence-electron chi connectivity index (χ1n) is 5.62. The zero-order valence-corrected chi connectivity index (χ0v) is 9.76. The van der Waals surface area contributed by atoms with E-state index in [0.29, 0.717) is 17.9 Å². The van der Waals surface area contributed by atoms with E-state index in [0.717, 1.165) is 5.56 Å². The zero-order valence-electron chi connectivity index (χ0n) is 9.76. The molecule has 1 amide bonds. The number of amides is 1. The Bertz CT molecular complexity index is 459. The van der Waals surface area contributed by atoms with Gasteiger partial charge in [0.15, 0.2) is 11.5 Å². The number of hydrogen-bond acceptors (Lipinski definition) is 5. The van der Waals surface area contributed by atoms with Crippen LogP contribution in [0.3, 0.4) is 0 Å². The fraction of sp³-hybridized carbons (Fsp3) is 0.333. The number of carbonyl (C=O) groups excluding carboxylic acids is 1. The summed E-state index contributed by atoms with van der Waals surface area (Å²) in [7, 11) is 0. The molecular formula is C12H14N2O4. The Morgan fingerprint density at radius 1 is 1.44 bits per heavy atom. The van der Waals surface area contributed by atoms with Gasteiger partial charge in [0.25, 0.3) is 0 Å². The standard InChI is InChI=1S/C12H14N2O4/c15-5-1-2-12(16)14-13-7-9-3-4-10-11(6-9)18-8-17-10/h3-4,6-7,15H,1-2,5,8H2,(H,14,16)/b13-7-. The lowest BCUT2D eigenvalue weighted by Crippen LogP contribution is -2.17. The number of fused-ring (bicyclic) bond motifs is 1. The fourth-order valence-corrected chi connectivity index (χ4v) is 1.47. The second kappa shape index (κ2) is 6.02. The van der Waals surface area contributed by atoms with E-state index >= 15 is 0 Å². The lowest BCUT2D eigenvalue weighted by molar-refractivity contribution is -0.121. The molecule has 1 heterocycles. The Morgan fingerprint density at radius 2 is 2.28 bits per heavy atom. The molecule has 0 saturated carbocycles. The summed E-state index contributed by atoms with van der Waals surface area (Å²) >= 11 is 0. The first kappa shape index (κ1) is 12.4. The van der Waals surface area contributed by atoms with Gasteiger partial charge in [0.05, 0.1) is 6.21 Å². The molecule has 2 N–H and O–H groups in total. The van der Waals surface area contributed by atoms with E-state index < -0.39 is 0 Å². The Balaban J connectivity index is 1.87. The third kappa shape index (κ3) is 3.21. The van der Waals surface area contributed by atoms with Crippen molar-refractivity contribution in [3.63, 3.8) is 0 Å². The van der Waals surface area contributed by atoms with Crippen molar-refractivity contribution in [1.29, 1.82) is 0 Å². The average Bonchev–Trinajstić information content (AvgIpc) is 2.83. The van der Waals surface area contributed by atoms with Crippen molar-refractivity contribution in [2.75, 3.05) is 13.4 Å². The monoisotopic (exact) mass is 250 g/mol. The Morgan fingerprint density at radius 3 is 3.11 bits per heavy atom. The molecule has 0 fully saturated rings. The van der Waals surface area contributed by atoms with Crippen molar-refractivity contribution < 1.29 is 19.4 Å². The molecule has 6 nitrogen and oxygen atoms in total. The third-order valence-electron chi connectivity index (χ3n) is 2.36. The predicted octanol–water partition coefficient (Wildman–Crippen LogP) is 0.638. The molecule has 0 aliphatic carbocycles. The smallest absolute Gasteiger partial charge is 0.240 e. The van der Waals surface area contributed by atoms with Gasteiger partial charge in [-0.15, -0.1) is 0 Å². The molecule has 0 bridgehead atoms. The molecule has 1 aliphatic heterocycles. The number of ether oxygens (including phenoxy) is 2. The summed E-state index contributed by atoms with van der Waals surface area (Å²) in [5.74, 6) is 1.16. The largest absolute Gasteiger partial charge is 0.454 e. The van der Waals surface area contributed by atoms with Crippen molar-refractivity contribution in [1.82, 2.24) is 5.43 Å². The van der Waals surface area contributed by atoms with Crippen LogP contribution in [0.5, 0.6) is 11.5 Å². The molecule has 0 atom stereocenters. The summed E-state index contributed by atoms with van der Waals surface area (Å²) in [4.78, 5) is 11.2. The maximum atomic E-state index is 11.2. The SMILES string of the molecule is O=C(CCCO)N/N=C\c1ccc2c(c1)OCO2. The molecule has 1 aromatic rings. The van der Waals surface area contributed by atoms with Crippen LogP contribution in [0.15, 0.2) is 23.3 Å². The number of hydrogen-bond donors (Lipinski definition) is 2. The molecule has 1 aromatic carbocycles. The summed E-state index contributed by atoms with van der Waals surface area (Å²) in [6.45, 7) is 0.229. The van der Waals surface area contributed by atoms with Crippen molar-refractivity contribution in [2.24, 2.45) is 5.10 Å². The molecular weight excluding hydrogens is 236 g/mol. The van der Waals surface area contributed by atoms with E-state index in [-0.39, 0.29) is 25.7 Å². The Hall–Kier alpha value is -2.08. The summed E-state index contributed by atoms with van der Waals surface area (Å²) in [5.41, 5.74) is 3.19. The number of carbonyl (C=O) groups is 1. The summed E-state index contributed by atoms with van der Waals surface area (Å²) in [6, 6.07) is 5.39. The van der Waals surface area contributed by atoms with Crippen LogP contribution in [0, 0.1) is 0 Å². The van der Waals surface area contributed by atoms with Gasteiger partial charge < -0.3 is 14.6 Å². The lowest BCUT2D eigenvalue weighted by Gasteiger charge is -1.99. The topological polar surface area (TPSA) is 80.2 Å². The number of hydrazone groups is 1. The normalized spacial score (nSPS) is 12.9. The highest BCUT2D eigenvalue weighted by Gasteiger charge is 2.12. The van der Waals surface area contributed by atoms with Crippen molar-refractivity contribution >= 4 is 12.1 Å². The number of nitrogens with one attached hydrogen (secondary N) is 1. The maximum Gasteiger partial charge on any atom is 0.240 e. The number of benzene rings is 1. The second-order valence-corrected chi connectivity index (χ2v) is 3.73. The maximum absolute atomic E-state index is 11.2. The van der Waals surface area contributed by atoms with Gasteiger partial charge in [-0.2, -0.15) is 5.10 Å². The number of aliphatic hydroxyl groups excluding tert-OH is 1. The van der Waals surface area contributed by atoms with Crippen molar-refractivity contribution in [3.8, 4) is 11.5 Å². The van der Waals surface area contributed by atoms with Gasteiger partial charge in [0.1, 0.15) is 0 Å². The van der Waals surface area contributed by atoms with Crippen molar-refractivity contribution in [3.05, 3.63) is 23.8 Å². The quantitative estimate of drug-likeness (QED) is 0.593. The summed E-state index contributed by atoms with van der Waals surface area (Å²) < 4.78 is 10.4. The van der Waals surface area contributed by atoms with Crippen LogP contribution in [-0.4, -0.2) is 30.6 Å². The molecule has 96 valence electrons. The van der Waals surface area contributed by atoms with Gasteiger partial charge in [0, 0.05) is 13.0 Å². The Labute approximate surface area is 104 Å². The second-order valence-electron chi connectivity index (χ2n) is 3.73. The van der Waals surface area contributed by atoms with Crippen molar-refractivity contribution in [2.45, 2.75) is 12.8 Å². The van der Waals surface area contributed by atoms with Crippen LogP contribution < -0.4 is 14.9 Å². The Kier molecular flexibility index (Phi) is 4.14. The summed E-state index contributed by atoms with van der Waals surface area (Å²) in [6.07, 6.45) is 2.22. The van der Waals surface area contributed by atoms with Crippen LogP contribution in [0.2, 0.25) is 0 Å². The van der Waals surface area contributed by atoms with Crippen LogP contribution in [0.25, 0.3) is 0 Å². The first-order valence-corrected chi connectivity index (χ1v) is 5.62. The molecule has 0 aromatic heterocycles. The number of aliphatic hydroxyl groups is 1. The van der Waals surface area contributed by atoms with E-state index in [4.69, 9.17) is 14.6 Å². The minimum atomic E-state index is -0.221. The van der Waals surface area contributed by atoms with Crippen LogP contribution in [0.4, 0.5) is 0 Å². The summed E-state index contributed by atoms with van der Waals surface area (Å²) in [5, 5.41) is 12.4. The molecule has 0 spiro atoms. The minimum Gasteiger partial charge on any atom is -0.454 e. The molecule has 0 radical (unpaired) electrons. The van der Waals surface area contributed by atoms with Crippen LogP contribution >= 0.6 is 0 Å². The highest BCUT2D eigenvalue weighted by Crippen LogP contribution is 2.31. The highest BCUT2D eigenvalue weighted by molar-refractivity contribution is 5.83. The number of nitrogens with zero attached hydrogens (tertiary/aromatic N) is 1. The van der Waals surface area contributed by atoms with Gasteiger partial charge in [-0.25, -0.2) is 5.43 Å². The molecule has 1 aliphatic rings. The van der Waals surface area contributed by atoms with E-state index in [9.17, 15) is 4.79 Å². The predicted molar refractivity (Wildman–Crippen MR) is 64.6 cm³/mol. The fourth-order valence-electron chi connectivity index (χ4n) is 1.47. The lowest BCUT2D eigenvalue weighted by atomic mass is 10.2. The molecule has 0 saturated heterocycles. The van der Waals surface area contributed by atoms with Gasteiger partial charge in [0.2, 0.25) is 12.7 Å². The highest BCUT2D eigenvalue weighted by atomic mass is 16.7. The number of rotatable bonds is 5. The van der Waals surface area contributed by atoms with Crippen LogP contribution in [-0.2, 0) is 4.79 Å². The van der Waals surface area contributed by atoms with Crippen LogP contribution in [0.1, 0.15) is 18.4 Å². The van der Waals surface area contributed by atoms with E-state index in [1.807, 2.05) is 6.07 Å². The van der Waals surface area contributed by atoms with Gasteiger partial charge in [-0.05, 0) is 30.2 Å².